The Morgan fingerprint density at radius 2 is 1.53 bits per heavy atom. The van der Waals surface area contributed by atoms with Crippen LogP contribution in [0, 0.1) is 0 Å². The van der Waals surface area contributed by atoms with E-state index in [9.17, 15) is 26.3 Å². The fraction of sp³-hybridized carbons (Fsp3) is 1.00. The van der Waals surface area contributed by atoms with E-state index < -0.39 is 32.1 Å². The predicted octanol–water partition coefficient (Wildman–Crippen LogP) is 1.39. The minimum Gasteiger partial charge on any atom is -0.371 e. The standard InChI is InChI=1S/C8H14F6N2O/c9-7(10,11)5-16(2-1-15)3-4-17-6-8(12,13)14/h1-6,15H2. The maximum absolute atomic E-state index is 12.0. The SMILES string of the molecule is NCCN(CCOCC(F)(F)F)CC(F)(F)F. The summed E-state index contributed by atoms with van der Waals surface area (Å²) in [6.07, 6.45) is -8.87. The molecule has 0 fully saturated rings. The van der Waals surface area contributed by atoms with E-state index in [0.717, 1.165) is 4.90 Å². The van der Waals surface area contributed by atoms with Crippen LogP contribution in [0.15, 0.2) is 0 Å². The second-order valence-electron chi connectivity index (χ2n) is 3.35. The molecule has 0 amide bonds. The maximum Gasteiger partial charge on any atom is 0.411 e. The van der Waals surface area contributed by atoms with Crippen LogP contribution in [-0.4, -0.2) is 56.6 Å². The first-order valence-corrected chi connectivity index (χ1v) is 4.78. The molecule has 0 aliphatic heterocycles. The van der Waals surface area contributed by atoms with E-state index in [2.05, 4.69) is 4.74 Å². The molecule has 0 spiro atoms. The topological polar surface area (TPSA) is 38.5 Å². The van der Waals surface area contributed by atoms with Gasteiger partial charge in [0.2, 0.25) is 0 Å². The van der Waals surface area contributed by atoms with Crippen molar-refractivity contribution in [3.8, 4) is 0 Å². The molecule has 0 atom stereocenters. The van der Waals surface area contributed by atoms with Crippen molar-refractivity contribution in [3.05, 3.63) is 0 Å². The smallest absolute Gasteiger partial charge is 0.371 e. The van der Waals surface area contributed by atoms with Gasteiger partial charge in [0, 0.05) is 19.6 Å². The second kappa shape index (κ2) is 7.02. The van der Waals surface area contributed by atoms with Crippen LogP contribution in [-0.2, 0) is 4.74 Å². The molecule has 0 rings (SSSR count). The number of ether oxygens (including phenoxy) is 1. The highest BCUT2D eigenvalue weighted by atomic mass is 19.4. The number of alkyl halides is 6. The van der Waals surface area contributed by atoms with Crippen LogP contribution in [0.2, 0.25) is 0 Å². The van der Waals surface area contributed by atoms with Crippen LogP contribution in [0.3, 0.4) is 0 Å². The molecular formula is C8H14F6N2O. The number of nitrogens with zero attached hydrogens (tertiary/aromatic N) is 1. The van der Waals surface area contributed by atoms with Gasteiger partial charge >= 0.3 is 12.4 Å². The van der Waals surface area contributed by atoms with Crippen LogP contribution >= 0.6 is 0 Å². The van der Waals surface area contributed by atoms with E-state index in [1.54, 1.807) is 0 Å². The van der Waals surface area contributed by atoms with Gasteiger partial charge in [0.25, 0.3) is 0 Å². The van der Waals surface area contributed by atoms with Crippen molar-refractivity contribution in [2.24, 2.45) is 5.73 Å². The van der Waals surface area contributed by atoms with Crippen molar-refractivity contribution >= 4 is 0 Å². The summed E-state index contributed by atoms with van der Waals surface area (Å²) in [5, 5.41) is 0. The molecule has 0 aliphatic rings. The van der Waals surface area contributed by atoms with E-state index >= 15 is 0 Å². The van der Waals surface area contributed by atoms with Gasteiger partial charge in [0.15, 0.2) is 0 Å². The first-order valence-electron chi connectivity index (χ1n) is 4.78. The monoisotopic (exact) mass is 268 g/mol. The van der Waals surface area contributed by atoms with Gasteiger partial charge in [0.1, 0.15) is 6.61 Å². The molecular weight excluding hydrogens is 254 g/mol. The van der Waals surface area contributed by atoms with Gasteiger partial charge in [-0.05, 0) is 0 Å². The Balaban J connectivity index is 3.85. The van der Waals surface area contributed by atoms with E-state index in [4.69, 9.17) is 5.73 Å². The number of halogens is 6. The zero-order valence-corrected chi connectivity index (χ0v) is 8.94. The van der Waals surface area contributed by atoms with Crippen molar-refractivity contribution in [1.82, 2.24) is 4.90 Å². The van der Waals surface area contributed by atoms with Gasteiger partial charge in [-0.1, -0.05) is 0 Å². The highest BCUT2D eigenvalue weighted by Gasteiger charge is 2.31. The Morgan fingerprint density at radius 1 is 0.941 bits per heavy atom. The van der Waals surface area contributed by atoms with Crippen molar-refractivity contribution < 1.29 is 31.1 Å². The molecule has 3 nitrogen and oxygen atoms in total. The van der Waals surface area contributed by atoms with Crippen LogP contribution in [0.25, 0.3) is 0 Å². The molecule has 0 aromatic heterocycles. The maximum atomic E-state index is 12.0. The summed E-state index contributed by atoms with van der Waals surface area (Å²) in [7, 11) is 0. The molecule has 104 valence electrons. The summed E-state index contributed by atoms with van der Waals surface area (Å²) in [5.74, 6) is 0. The second-order valence-corrected chi connectivity index (χ2v) is 3.35. The van der Waals surface area contributed by atoms with Gasteiger partial charge in [0.05, 0.1) is 13.2 Å². The van der Waals surface area contributed by atoms with Crippen LogP contribution < -0.4 is 5.73 Å². The van der Waals surface area contributed by atoms with Crippen molar-refractivity contribution in [2.45, 2.75) is 12.4 Å². The highest BCUT2D eigenvalue weighted by molar-refractivity contribution is 4.63. The fourth-order valence-electron chi connectivity index (χ4n) is 1.09. The van der Waals surface area contributed by atoms with Crippen molar-refractivity contribution in [1.29, 1.82) is 0 Å². The van der Waals surface area contributed by atoms with Gasteiger partial charge < -0.3 is 10.5 Å². The minimum absolute atomic E-state index is 0.00461. The largest absolute Gasteiger partial charge is 0.411 e. The summed E-state index contributed by atoms with van der Waals surface area (Å²) < 4.78 is 75.3. The number of hydrogen-bond acceptors (Lipinski definition) is 3. The van der Waals surface area contributed by atoms with Crippen LogP contribution in [0.1, 0.15) is 0 Å². The summed E-state index contributed by atoms with van der Waals surface area (Å²) in [5.41, 5.74) is 5.09. The molecule has 0 aliphatic carbocycles. The molecule has 0 aromatic carbocycles. The highest BCUT2D eigenvalue weighted by Crippen LogP contribution is 2.16. The Labute approximate surface area is 94.5 Å². The Morgan fingerprint density at radius 3 is 1.94 bits per heavy atom. The molecule has 0 unspecified atom stereocenters. The van der Waals surface area contributed by atoms with Crippen LogP contribution in [0.4, 0.5) is 26.3 Å². The lowest BCUT2D eigenvalue weighted by atomic mass is 10.4. The van der Waals surface area contributed by atoms with Gasteiger partial charge in [-0.25, -0.2) is 0 Å². The van der Waals surface area contributed by atoms with Crippen molar-refractivity contribution in [2.75, 3.05) is 39.4 Å². The van der Waals surface area contributed by atoms with Gasteiger partial charge in [-0.3, -0.25) is 4.90 Å². The van der Waals surface area contributed by atoms with Gasteiger partial charge in [-0.2, -0.15) is 26.3 Å². The van der Waals surface area contributed by atoms with E-state index in [0.29, 0.717) is 0 Å². The molecule has 2 N–H and O–H groups in total. The summed E-state index contributed by atoms with van der Waals surface area (Å²) in [6, 6.07) is 0. The molecule has 0 saturated carbocycles. The molecule has 0 bridgehead atoms. The number of nitrogens with two attached hydrogens (primary N) is 1. The summed E-state index contributed by atoms with van der Waals surface area (Å²) in [6.45, 7) is -3.39. The molecule has 0 saturated heterocycles. The Hall–Kier alpha value is -0.540. The average Bonchev–Trinajstić information content (AvgIpc) is 2.08. The zero-order chi connectivity index (χ0) is 13.5. The lowest BCUT2D eigenvalue weighted by molar-refractivity contribution is -0.177. The zero-order valence-electron chi connectivity index (χ0n) is 8.94. The van der Waals surface area contributed by atoms with E-state index in [1.165, 1.54) is 0 Å². The summed E-state index contributed by atoms with van der Waals surface area (Å²) >= 11 is 0. The van der Waals surface area contributed by atoms with Gasteiger partial charge in [-0.15, -0.1) is 0 Å². The molecule has 9 heteroatoms. The fourth-order valence-corrected chi connectivity index (χ4v) is 1.09. The third-order valence-corrected chi connectivity index (χ3v) is 1.67. The number of hydrogen-bond donors (Lipinski definition) is 1. The lowest BCUT2D eigenvalue weighted by Gasteiger charge is -2.22. The third kappa shape index (κ3) is 11.7. The molecule has 0 heterocycles. The molecule has 0 radical (unpaired) electrons. The predicted molar refractivity (Wildman–Crippen MR) is 48.4 cm³/mol. The first kappa shape index (κ1) is 16.5. The Kier molecular flexibility index (Phi) is 6.80. The molecule has 17 heavy (non-hydrogen) atoms. The van der Waals surface area contributed by atoms with Crippen LogP contribution in [0.5, 0.6) is 0 Å². The van der Waals surface area contributed by atoms with E-state index in [1.807, 2.05) is 0 Å². The summed E-state index contributed by atoms with van der Waals surface area (Å²) in [4.78, 5) is 0.899. The Bertz CT molecular complexity index is 205. The average molecular weight is 268 g/mol. The van der Waals surface area contributed by atoms with E-state index in [-0.39, 0.29) is 19.6 Å². The first-order chi connectivity index (χ1) is 7.64. The minimum atomic E-state index is -4.47. The quantitative estimate of drug-likeness (QED) is 0.560. The van der Waals surface area contributed by atoms with Crippen molar-refractivity contribution in [3.63, 3.8) is 0 Å². The molecule has 0 aromatic rings. The number of rotatable bonds is 7. The normalized spacial score (nSPS) is 13.4. The third-order valence-electron chi connectivity index (χ3n) is 1.67. The lowest BCUT2D eigenvalue weighted by Crippen LogP contribution is -2.39.